The third kappa shape index (κ3) is 69.0. The van der Waals surface area contributed by atoms with Gasteiger partial charge in [0.15, 0.2) is 12.2 Å². The van der Waals surface area contributed by atoms with Crippen molar-refractivity contribution in [2.24, 2.45) is 11.8 Å². The van der Waals surface area contributed by atoms with Crippen LogP contribution in [0.1, 0.15) is 395 Å². The van der Waals surface area contributed by atoms with Gasteiger partial charge < -0.3 is 33.8 Å². The Bertz CT molecular complexity index is 1840. The highest BCUT2D eigenvalue weighted by molar-refractivity contribution is 7.47. The normalized spacial score (nSPS) is 14.3. The maximum absolute atomic E-state index is 13.1. The number of carbonyl (C=O) groups excluding carboxylic acids is 4. The van der Waals surface area contributed by atoms with Crippen molar-refractivity contribution in [3.05, 3.63) is 0 Å². The van der Waals surface area contributed by atoms with E-state index in [1.807, 2.05) is 0 Å². The van der Waals surface area contributed by atoms with E-state index in [1.54, 1.807) is 0 Å². The maximum Gasteiger partial charge on any atom is 0.472 e. The molecule has 3 unspecified atom stereocenters. The summed E-state index contributed by atoms with van der Waals surface area (Å²) in [6, 6.07) is 0. The molecule has 0 amide bonds. The molecule has 6 atom stereocenters. The average Bonchev–Trinajstić information content (AvgIpc) is 1.44. The number of hydrogen-bond donors (Lipinski definition) is 3. The molecule has 19 heteroatoms. The van der Waals surface area contributed by atoms with E-state index in [9.17, 15) is 43.2 Å². The molecule has 0 aliphatic heterocycles. The van der Waals surface area contributed by atoms with Gasteiger partial charge in [-0.1, -0.05) is 343 Å². The number of phosphoric ester groups is 2. The zero-order valence-corrected chi connectivity index (χ0v) is 63.8. The number of hydrogen-bond acceptors (Lipinski definition) is 15. The maximum atomic E-state index is 13.1. The standard InChI is InChI=1S/C76H148O17P2/c1-7-10-12-14-16-17-18-19-20-21-22-23-24-25-26-27-30-34-37-41-48-54-60-75(80)92-71(65-87-74(79)59-53-47-40-36-33-31-28-29-32-35-39-44-50-56-68(4)5)66-90-94(82,83)88-62-70(77)63-89-95(84,85)91-67-72(64-86-73(78)58-52-46-38-15-13-11-8-2)93-76(81)61-55-49-43-42-45-51-57-69(6)9-3/h68-72,77H,7-67H2,1-6H3,(H,82,83)(H,84,85)/t69?,70-,71-,72-/m1/s1. The summed E-state index contributed by atoms with van der Waals surface area (Å²) in [5.41, 5.74) is 0. The number of carbonyl (C=O) groups is 4. The highest BCUT2D eigenvalue weighted by Gasteiger charge is 2.30. The fraction of sp³-hybridized carbons (Fsp3) is 0.947. The number of aliphatic hydroxyl groups excluding tert-OH is 1. The van der Waals surface area contributed by atoms with Crippen molar-refractivity contribution >= 4 is 39.5 Å². The lowest BCUT2D eigenvalue weighted by Crippen LogP contribution is -2.30. The van der Waals surface area contributed by atoms with Crippen LogP contribution in [0.15, 0.2) is 0 Å². The van der Waals surface area contributed by atoms with Crippen LogP contribution in [-0.4, -0.2) is 96.7 Å². The summed E-state index contributed by atoms with van der Waals surface area (Å²) < 4.78 is 68.3. The summed E-state index contributed by atoms with van der Waals surface area (Å²) >= 11 is 0. The molecular formula is C76H148O17P2. The van der Waals surface area contributed by atoms with Crippen LogP contribution in [0, 0.1) is 11.8 Å². The van der Waals surface area contributed by atoms with Gasteiger partial charge >= 0.3 is 39.5 Å². The zero-order valence-electron chi connectivity index (χ0n) is 62.0. The van der Waals surface area contributed by atoms with Crippen LogP contribution in [0.5, 0.6) is 0 Å². The number of unbranched alkanes of at least 4 members (excludes halogenated alkanes) is 44. The van der Waals surface area contributed by atoms with Gasteiger partial charge in [-0.05, 0) is 37.5 Å². The van der Waals surface area contributed by atoms with Gasteiger partial charge in [-0.15, -0.1) is 0 Å². The largest absolute Gasteiger partial charge is 0.472 e. The molecule has 0 saturated heterocycles. The molecule has 0 aliphatic rings. The molecule has 0 aromatic carbocycles. The van der Waals surface area contributed by atoms with Crippen molar-refractivity contribution in [1.29, 1.82) is 0 Å². The summed E-state index contributed by atoms with van der Waals surface area (Å²) in [6.07, 6.45) is 55.9. The fourth-order valence-electron chi connectivity index (χ4n) is 11.6. The summed E-state index contributed by atoms with van der Waals surface area (Å²) in [5.74, 6) is -0.614. The number of rotatable bonds is 75. The molecule has 0 bridgehead atoms. The Morgan fingerprint density at radius 3 is 0.800 bits per heavy atom. The second kappa shape index (κ2) is 67.9. The van der Waals surface area contributed by atoms with Gasteiger partial charge in [0.2, 0.25) is 0 Å². The smallest absolute Gasteiger partial charge is 0.462 e. The van der Waals surface area contributed by atoms with Crippen LogP contribution < -0.4 is 0 Å². The van der Waals surface area contributed by atoms with Gasteiger partial charge in [0.25, 0.3) is 0 Å². The summed E-state index contributed by atoms with van der Waals surface area (Å²) in [7, 11) is -9.90. The summed E-state index contributed by atoms with van der Waals surface area (Å²) in [4.78, 5) is 72.6. The molecule has 95 heavy (non-hydrogen) atoms. The van der Waals surface area contributed by atoms with Crippen molar-refractivity contribution in [2.45, 2.75) is 413 Å². The second-order valence-corrected chi connectivity index (χ2v) is 31.0. The van der Waals surface area contributed by atoms with Gasteiger partial charge in [-0.3, -0.25) is 37.3 Å². The van der Waals surface area contributed by atoms with E-state index in [4.69, 9.17) is 37.0 Å². The number of aliphatic hydroxyl groups is 1. The molecule has 0 aromatic rings. The quantitative estimate of drug-likeness (QED) is 0.0222. The Morgan fingerprint density at radius 1 is 0.305 bits per heavy atom. The van der Waals surface area contributed by atoms with Crippen molar-refractivity contribution in [3.8, 4) is 0 Å². The predicted molar refractivity (Wildman–Crippen MR) is 386 cm³/mol. The van der Waals surface area contributed by atoms with Crippen LogP contribution in [0.4, 0.5) is 0 Å². The minimum Gasteiger partial charge on any atom is -0.462 e. The molecule has 0 heterocycles. The molecule has 0 aliphatic carbocycles. The van der Waals surface area contributed by atoms with E-state index in [1.165, 1.54) is 199 Å². The Kier molecular flexibility index (Phi) is 66.5. The molecule has 3 N–H and O–H groups in total. The van der Waals surface area contributed by atoms with Crippen LogP contribution in [0.2, 0.25) is 0 Å². The third-order valence-corrected chi connectivity index (χ3v) is 20.0. The lowest BCUT2D eigenvalue weighted by molar-refractivity contribution is -0.161. The first-order chi connectivity index (χ1) is 45.9. The predicted octanol–water partition coefficient (Wildman–Crippen LogP) is 22.3. The van der Waals surface area contributed by atoms with Gasteiger partial charge in [-0.25, -0.2) is 9.13 Å². The minimum absolute atomic E-state index is 0.103. The third-order valence-electron chi connectivity index (χ3n) is 18.1. The van der Waals surface area contributed by atoms with Crippen molar-refractivity contribution in [3.63, 3.8) is 0 Å². The molecule has 0 spiro atoms. The summed E-state index contributed by atoms with van der Waals surface area (Å²) in [6.45, 7) is 9.51. The molecular weight excluding hydrogens is 1250 g/mol. The molecule has 0 saturated carbocycles. The average molecular weight is 1400 g/mol. The van der Waals surface area contributed by atoms with Crippen LogP contribution in [-0.2, 0) is 65.4 Å². The Labute approximate surface area is 581 Å². The van der Waals surface area contributed by atoms with Crippen molar-refractivity contribution < 1.29 is 80.2 Å². The van der Waals surface area contributed by atoms with E-state index in [0.717, 1.165) is 115 Å². The van der Waals surface area contributed by atoms with Crippen LogP contribution in [0.3, 0.4) is 0 Å². The van der Waals surface area contributed by atoms with E-state index < -0.39 is 97.5 Å². The molecule has 17 nitrogen and oxygen atoms in total. The monoisotopic (exact) mass is 1400 g/mol. The van der Waals surface area contributed by atoms with E-state index >= 15 is 0 Å². The summed E-state index contributed by atoms with van der Waals surface area (Å²) in [5, 5.41) is 10.6. The van der Waals surface area contributed by atoms with Crippen molar-refractivity contribution in [1.82, 2.24) is 0 Å². The van der Waals surface area contributed by atoms with Gasteiger partial charge in [0.05, 0.1) is 26.4 Å². The zero-order chi connectivity index (χ0) is 70.0. The molecule has 0 radical (unpaired) electrons. The van der Waals surface area contributed by atoms with Crippen LogP contribution in [0.25, 0.3) is 0 Å². The van der Waals surface area contributed by atoms with Gasteiger partial charge in [-0.2, -0.15) is 0 Å². The van der Waals surface area contributed by atoms with Crippen molar-refractivity contribution in [2.75, 3.05) is 39.6 Å². The highest BCUT2D eigenvalue weighted by Crippen LogP contribution is 2.45. The van der Waals surface area contributed by atoms with E-state index in [2.05, 4.69) is 41.5 Å². The van der Waals surface area contributed by atoms with Gasteiger partial charge in [0, 0.05) is 25.7 Å². The number of ether oxygens (including phenoxy) is 4. The molecule has 0 fully saturated rings. The second-order valence-electron chi connectivity index (χ2n) is 28.1. The SMILES string of the molecule is CCCCCCCCCCCCCCCCCCCCCCCCC(=O)O[C@H](COC(=O)CCCCCCCCCCCCCCCC(C)C)COP(=O)(O)OC[C@@H](O)COP(=O)(O)OC[C@@H](COC(=O)CCCCCCCCC)OC(=O)CCCCCCCCC(C)CC. The molecule has 0 rings (SSSR count). The molecule has 564 valence electrons. The Balaban J connectivity index is 5.15. The lowest BCUT2D eigenvalue weighted by Gasteiger charge is -2.21. The first-order valence-electron chi connectivity index (χ1n) is 39.5. The molecule has 0 aromatic heterocycles. The Hall–Kier alpha value is -1.94. The van der Waals surface area contributed by atoms with E-state index in [-0.39, 0.29) is 25.7 Å². The number of phosphoric acid groups is 2. The first kappa shape index (κ1) is 93.1. The lowest BCUT2D eigenvalue weighted by atomic mass is 10.00. The fourth-order valence-corrected chi connectivity index (χ4v) is 13.2. The number of esters is 4. The van der Waals surface area contributed by atoms with Crippen LogP contribution >= 0.6 is 15.6 Å². The minimum atomic E-state index is -4.96. The topological polar surface area (TPSA) is 237 Å². The first-order valence-corrected chi connectivity index (χ1v) is 42.5. The van der Waals surface area contributed by atoms with E-state index in [0.29, 0.717) is 25.7 Å². The highest BCUT2D eigenvalue weighted by atomic mass is 31.2. The van der Waals surface area contributed by atoms with Gasteiger partial charge in [0.1, 0.15) is 19.3 Å². The Morgan fingerprint density at radius 2 is 0.537 bits per heavy atom.